The third-order valence-electron chi connectivity index (χ3n) is 6.13. The molecule has 0 aliphatic heterocycles. The van der Waals surface area contributed by atoms with Crippen LogP contribution in [0.1, 0.15) is 23.2 Å². The molecule has 2 aromatic heterocycles. The van der Waals surface area contributed by atoms with E-state index in [4.69, 9.17) is 9.15 Å². The lowest BCUT2D eigenvalue weighted by molar-refractivity contribution is -0.118. The number of para-hydroxylation sites is 1. The highest BCUT2D eigenvalue weighted by atomic mass is 16.5. The molecule has 168 valence electrons. The Labute approximate surface area is 189 Å². The van der Waals surface area contributed by atoms with Gasteiger partial charge in [0, 0.05) is 24.1 Å². The van der Waals surface area contributed by atoms with E-state index in [9.17, 15) is 14.4 Å². The number of benzene rings is 2. The van der Waals surface area contributed by atoms with Crippen molar-refractivity contribution in [3.63, 3.8) is 0 Å². The van der Waals surface area contributed by atoms with E-state index in [1.807, 2.05) is 36.4 Å². The molecule has 0 saturated heterocycles. The first-order chi connectivity index (χ1) is 15.9. The van der Waals surface area contributed by atoms with Gasteiger partial charge in [-0.05, 0) is 56.0 Å². The molecule has 4 aromatic rings. The molecule has 1 N–H and O–H groups in total. The first-order valence-corrected chi connectivity index (χ1v) is 10.8. The van der Waals surface area contributed by atoms with E-state index < -0.39 is 5.91 Å². The molecule has 0 fully saturated rings. The number of carbonyl (C=O) groups is 1. The fourth-order valence-electron chi connectivity index (χ4n) is 4.39. The number of ether oxygens (including phenoxy) is 1. The number of fused-ring (bicyclic) bond motifs is 3. The topological polar surface area (TPSA) is 95.5 Å². The van der Waals surface area contributed by atoms with Gasteiger partial charge in [-0.25, -0.2) is 9.48 Å². The summed E-state index contributed by atoms with van der Waals surface area (Å²) in [6.45, 7) is 1.47. The monoisotopic (exact) mass is 445 g/mol. The average Bonchev–Trinajstić information content (AvgIpc) is 3.39. The summed E-state index contributed by atoms with van der Waals surface area (Å²) in [5.41, 5.74) is 3.15. The van der Waals surface area contributed by atoms with E-state index in [2.05, 4.69) is 5.32 Å². The zero-order chi connectivity index (χ0) is 23.1. The first-order valence-electron chi connectivity index (χ1n) is 10.8. The second-order valence-corrected chi connectivity index (χ2v) is 8.13. The molecular formula is C25H23N3O5. The molecule has 8 heteroatoms. The second kappa shape index (κ2) is 8.12. The van der Waals surface area contributed by atoms with E-state index in [1.165, 1.54) is 4.68 Å². The van der Waals surface area contributed by atoms with Crippen LogP contribution < -0.4 is 21.2 Å². The summed E-state index contributed by atoms with van der Waals surface area (Å²) in [5, 5.41) is 3.57. The highest BCUT2D eigenvalue weighted by Crippen LogP contribution is 2.29. The van der Waals surface area contributed by atoms with Crippen molar-refractivity contribution in [2.45, 2.75) is 26.2 Å². The highest BCUT2D eigenvalue weighted by molar-refractivity contribution is 5.92. The van der Waals surface area contributed by atoms with Crippen LogP contribution in [-0.2, 0) is 24.7 Å². The van der Waals surface area contributed by atoms with Gasteiger partial charge >= 0.3 is 5.63 Å². The summed E-state index contributed by atoms with van der Waals surface area (Å²) in [6, 6.07) is 14.4. The van der Waals surface area contributed by atoms with E-state index in [-0.39, 0.29) is 23.5 Å². The van der Waals surface area contributed by atoms with E-state index in [1.54, 1.807) is 30.8 Å². The van der Waals surface area contributed by atoms with Crippen molar-refractivity contribution in [1.29, 1.82) is 0 Å². The predicted octanol–water partition coefficient (Wildman–Crippen LogP) is 3.10. The third-order valence-corrected chi connectivity index (χ3v) is 6.13. The minimum Gasteiger partial charge on any atom is -0.484 e. The van der Waals surface area contributed by atoms with Crippen molar-refractivity contribution >= 4 is 22.6 Å². The fourth-order valence-corrected chi connectivity index (χ4v) is 4.39. The molecule has 0 unspecified atom stereocenters. The molecule has 0 saturated carbocycles. The Morgan fingerprint density at radius 1 is 1.09 bits per heavy atom. The number of hydrogen-bond acceptors (Lipinski definition) is 5. The molecule has 5 rings (SSSR count). The lowest BCUT2D eigenvalue weighted by atomic mass is 10.1. The van der Waals surface area contributed by atoms with Crippen molar-refractivity contribution in [2.75, 3.05) is 11.9 Å². The van der Waals surface area contributed by atoms with Crippen LogP contribution >= 0.6 is 0 Å². The summed E-state index contributed by atoms with van der Waals surface area (Å²) >= 11 is 0. The largest absolute Gasteiger partial charge is 0.484 e. The lowest BCUT2D eigenvalue weighted by Crippen LogP contribution is -2.25. The molecule has 33 heavy (non-hydrogen) atoms. The number of anilines is 1. The fraction of sp³-hybridized carbons (Fsp3) is 0.240. The van der Waals surface area contributed by atoms with Gasteiger partial charge in [-0.3, -0.25) is 14.3 Å². The van der Waals surface area contributed by atoms with Crippen LogP contribution in [-0.4, -0.2) is 21.9 Å². The standard InChI is InChI=1S/C25H23N3O5/c1-15-23(24(30)28(27(15)2)16-7-4-3-5-8-16)26-22(29)14-32-17-11-12-19-18-9-6-10-20(18)25(31)33-21(19)13-17/h3-5,7-8,11-13H,6,9-10,14H2,1-2H3,(H,26,29). The van der Waals surface area contributed by atoms with Crippen LogP contribution in [0.2, 0.25) is 0 Å². The molecular weight excluding hydrogens is 422 g/mol. The van der Waals surface area contributed by atoms with Crippen LogP contribution in [0.3, 0.4) is 0 Å². The van der Waals surface area contributed by atoms with Gasteiger partial charge in [-0.1, -0.05) is 18.2 Å². The third kappa shape index (κ3) is 3.63. The predicted molar refractivity (Wildman–Crippen MR) is 124 cm³/mol. The number of aryl methyl sites for hydroxylation is 1. The van der Waals surface area contributed by atoms with Gasteiger partial charge < -0.3 is 14.5 Å². The zero-order valence-electron chi connectivity index (χ0n) is 18.4. The zero-order valence-corrected chi connectivity index (χ0v) is 18.4. The lowest BCUT2D eigenvalue weighted by Gasteiger charge is -2.09. The van der Waals surface area contributed by atoms with Crippen LogP contribution in [0.25, 0.3) is 16.7 Å². The van der Waals surface area contributed by atoms with Crippen molar-refractivity contribution in [2.24, 2.45) is 7.05 Å². The molecule has 2 heterocycles. The number of carbonyl (C=O) groups excluding carboxylic acids is 1. The highest BCUT2D eigenvalue weighted by Gasteiger charge is 2.21. The average molecular weight is 445 g/mol. The molecule has 2 aromatic carbocycles. The number of hydrogen-bond donors (Lipinski definition) is 1. The van der Waals surface area contributed by atoms with E-state index in [0.29, 0.717) is 22.7 Å². The van der Waals surface area contributed by atoms with E-state index >= 15 is 0 Å². The normalized spacial score (nSPS) is 12.7. The van der Waals surface area contributed by atoms with Crippen LogP contribution in [0.15, 0.2) is 62.5 Å². The van der Waals surface area contributed by atoms with Gasteiger partial charge in [0.2, 0.25) is 0 Å². The van der Waals surface area contributed by atoms with Gasteiger partial charge in [0.15, 0.2) is 6.61 Å². The summed E-state index contributed by atoms with van der Waals surface area (Å²) in [4.78, 5) is 37.7. The Bertz CT molecular complexity index is 1490. The molecule has 0 radical (unpaired) electrons. The summed E-state index contributed by atoms with van der Waals surface area (Å²) < 4.78 is 14.3. The Hall–Kier alpha value is -4.07. The smallest absolute Gasteiger partial charge is 0.339 e. The number of rotatable bonds is 5. The molecule has 1 aliphatic rings. The maximum atomic E-state index is 12.9. The maximum Gasteiger partial charge on any atom is 0.339 e. The SMILES string of the molecule is Cc1c(NC(=O)COc2ccc3c4c(c(=O)oc3c2)CCC4)c(=O)n(-c2ccccc2)n1C. The molecule has 8 nitrogen and oxygen atoms in total. The minimum absolute atomic E-state index is 0.204. The molecule has 0 bridgehead atoms. The van der Waals surface area contributed by atoms with Crippen molar-refractivity contribution in [3.8, 4) is 11.4 Å². The number of nitrogens with zero attached hydrogens (tertiary/aromatic N) is 2. The molecule has 1 aliphatic carbocycles. The van der Waals surface area contributed by atoms with Gasteiger partial charge in [0.25, 0.3) is 11.5 Å². The molecule has 0 atom stereocenters. The Balaban J connectivity index is 1.34. The van der Waals surface area contributed by atoms with Crippen molar-refractivity contribution < 1.29 is 13.9 Å². The summed E-state index contributed by atoms with van der Waals surface area (Å²) in [7, 11) is 1.76. The van der Waals surface area contributed by atoms with Gasteiger partial charge in [0.1, 0.15) is 17.0 Å². The Morgan fingerprint density at radius 2 is 1.85 bits per heavy atom. The second-order valence-electron chi connectivity index (χ2n) is 8.13. The van der Waals surface area contributed by atoms with Crippen LogP contribution in [0, 0.1) is 6.92 Å². The quantitative estimate of drug-likeness (QED) is 0.477. The molecule has 0 spiro atoms. The number of aromatic nitrogens is 2. The number of amides is 1. The maximum absolute atomic E-state index is 12.9. The van der Waals surface area contributed by atoms with E-state index in [0.717, 1.165) is 35.8 Å². The van der Waals surface area contributed by atoms with Crippen LogP contribution in [0.4, 0.5) is 5.69 Å². The van der Waals surface area contributed by atoms with Gasteiger partial charge in [-0.2, -0.15) is 0 Å². The number of nitrogens with one attached hydrogen (secondary N) is 1. The van der Waals surface area contributed by atoms with Gasteiger partial charge in [-0.15, -0.1) is 0 Å². The summed E-state index contributed by atoms with van der Waals surface area (Å²) in [6.07, 6.45) is 2.55. The molecule has 1 amide bonds. The van der Waals surface area contributed by atoms with Crippen molar-refractivity contribution in [3.05, 3.63) is 86.1 Å². The first kappa shape index (κ1) is 20.8. The minimum atomic E-state index is -0.462. The summed E-state index contributed by atoms with van der Waals surface area (Å²) in [5.74, 6) is -0.0539. The van der Waals surface area contributed by atoms with Gasteiger partial charge in [0.05, 0.1) is 11.4 Å². The van der Waals surface area contributed by atoms with Crippen LogP contribution in [0.5, 0.6) is 5.75 Å². The van der Waals surface area contributed by atoms with Crippen molar-refractivity contribution in [1.82, 2.24) is 9.36 Å². The Kier molecular flexibility index (Phi) is 5.12. The Morgan fingerprint density at radius 3 is 2.64 bits per heavy atom.